The highest BCUT2D eigenvalue weighted by molar-refractivity contribution is 8.13. The van der Waals surface area contributed by atoms with Gasteiger partial charge in [0.25, 0.3) is 20.6 Å². The number of nitrogens with zero attached hydrogens (tertiary/aromatic N) is 1. The highest BCUT2D eigenvalue weighted by Gasteiger charge is 2.23. The molecule has 7 nitrogen and oxygen atoms in total. The van der Waals surface area contributed by atoms with E-state index in [9.17, 15) is 32.1 Å². The van der Waals surface area contributed by atoms with Crippen molar-refractivity contribution in [3.63, 3.8) is 0 Å². The molecule has 1 aromatic rings. The molecule has 0 saturated heterocycles. The number of nitro benzene ring substituents is 1. The zero-order valence-electron chi connectivity index (χ0n) is 8.84. The number of hydrogen-bond donors (Lipinski definition) is 1. The number of alkyl halides is 2. The summed E-state index contributed by atoms with van der Waals surface area (Å²) in [5.74, 6) is -1.75. The van der Waals surface area contributed by atoms with Crippen LogP contribution in [0.25, 0.3) is 0 Å². The van der Waals surface area contributed by atoms with Crippen molar-refractivity contribution >= 4 is 37.0 Å². The summed E-state index contributed by atoms with van der Waals surface area (Å²) in [5.41, 5.74) is -1.42. The van der Waals surface area contributed by atoms with Crippen molar-refractivity contribution in [1.82, 2.24) is 0 Å². The molecule has 1 aromatic carbocycles. The summed E-state index contributed by atoms with van der Waals surface area (Å²) in [6.07, 6.45) is -3.36. The molecular formula is C8H5ClF2N2O5S. The third-order valence-corrected chi connectivity index (χ3v) is 3.26. The number of benzene rings is 1. The number of carbonyl (C=O) groups excluding carboxylic acids is 1. The van der Waals surface area contributed by atoms with Crippen molar-refractivity contribution in [1.29, 1.82) is 0 Å². The van der Waals surface area contributed by atoms with Crippen molar-refractivity contribution in [2.45, 2.75) is 11.3 Å². The standard InChI is InChI=1S/C8H5ClF2N2O5S/c9-19(17,18)4-1-2-5(6(3-4)13(15)16)12-8(14)7(10)11/h1-3,7H,(H,12,14). The molecule has 0 radical (unpaired) electrons. The fourth-order valence-corrected chi connectivity index (χ4v) is 1.88. The number of nitro groups is 1. The maximum Gasteiger partial charge on any atom is 0.315 e. The van der Waals surface area contributed by atoms with Crippen molar-refractivity contribution in [3.8, 4) is 0 Å². The van der Waals surface area contributed by atoms with Crippen molar-refractivity contribution in [3.05, 3.63) is 28.3 Å². The van der Waals surface area contributed by atoms with Crippen LogP contribution in [0.2, 0.25) is 0 Å². The molecule has 1 amide bonds. The Morgan fingerprint density at radius 3 is 2.42 bits per heavy atom. The Balaban J connectivity index is 3.27. The molecule has 0 unspecified atom stereocenters. The van der Waals surface area contributed by atoms with E-state index in [1.165, 1.54) is 0 Å². The first-order valence-electron chi connectivity index (χ1n) is 4.45. The summed E-state index contributed by atoms with van der Waals surface area (Å²) >= 11 is 0. The summed E-state index contributed by atoms with van der Waals surface area (Å²) in [6, 6.07) is 2.20. The van der Waals surface area contributed by atoms with Crippen molar-refractivity contribution in [2.75, 3.05) is 5.32 Å². The Morgan fingerprint density at radius 1 is 1.42 bits per heavy atom. The Morgan fingerprint density at radius 2 is 2.00 bits per heavy atom. The van der Waals surface area contributed by atoms with Crippen LogP contribution in [0.3, 0.4) is 0 Å². The summed E-state index contributed by atoms with van der Waals surface area (Å²) < 4.78 is 46.0. The van der Waals surface area contributed by atoms with Gasteiger partial charge in [-0.15, -0.1) is 0 Å². The fourth-order valence-electron chi connectivity index (χ4n) is 1.11. The molecular weight excluding hydrogens is 310 g/mol. The average Bonchev–Trinajstić information content (AvgIpc) is 2.27. The third-order valence-electron chi connectivity index (χ3n) is 1.90. The Labute approximate surface area is 109 Å². The van der Waals surface area contributed by atoms with Gasteiger partial charge in [-0.2, -0.15) is 8.78 Å². The molecule has 0 heterocycles. The molecule has 1 rings (SSSR count). The van der Waals surface area contributed by atoms with Crippen LogP contribution in [0.4, 0.5) is 20.2 Å². The Hall–Kier alpha value is -1.81. The predicted octanol–water partition coefficient (Wildman–Crippen LogP) is 1.73. The molecule has 19 heavy (non-hydrogen) atoms. The van der Waals surface area contributed by atoms with E-state index in [-0.39, 0.29) is 0 Å². The van der Waals surface area contributed by atoms with Crippen LogP contribution in [-0.2, 0) is 13.8 Å². The fraction of sp³-hybridized carbons (Fsp3) is 0.125. The van der Waals surface area contributed by atoms with Gasteiger partial charge in [-0.1, -0.05) is 0 Å². The van der Waals surface area contributed by atoms with Gasteiger partial charge in [0.1, 0.15) is 5.69 Å². The largest absolute Gasteiger partial charge is 0.315 e. The van der Waals surface area contributed by atoms with Crippen LogP contribution >= 0.6 is 10.7 Å². The summed E-state index contributed by atoms with van der Waals surface area (Å²) in [6.45, 7) is 0. The lowest BCUT2D eigenvalue weighted by Gasteiger charge is -2.06. The molecule has 11 heteroatoms. The van der Waals surface area contributed by atoms with E-state index in [1.54, 1.807) is 5.32 Å². The van der Waals surface area contributed by atoms with Gasteiger partial charge in [-0.3, -0.25) is 14.9 Å². The predicted molar refractivity (Wildman–Crippen MR) is 60.8 cm³/mol. The van der Waals surface area contributed by atoms with E-state index in [0.29, 0.717) is 6.07 Å². The lowest BCUT2D eigenvalue weighted by Crippen LogP contribution is -2.20. The molecule has 0 spiro atoms. The smallest absolute Gasteiger partial charge is 0.315 e. The van der Waals surface area contributed by atoms with Crippen molar-refractivity contribution in [2.24, 2.45) is 0 Å². The first-order chi connectivity index (χ1) is 8.62. The second-order valence-corrected chi connectivity index (χ2v) is 5.73. The van der Waals surface area contributed by atoms with Crippen LogP contribution in [-0.4, -0.2) is 25.7 Å². The summed E-state index contributed by atoms with van der Waals surface area (Å²) in [7, 11) is 0.773. The highest BCUT2D eigenvalue weighted by Crippen LogP contribution is 2.29. The zero-order valence-corrected chi connectivity index (χ0v) is 10.4. The van der Waals surface area contributed by atoms with Gasteiger partial charge in [0.05, 0.1) is 9.82 Å². The average molecular weight is 315 g/mol. The Kier molecular flexibility index (Phi) is 4.37. The molecule has 104 valence electrons. The maximum atomic E-state index is 12.0. The minimum atomic E-state index is -4.21. The van der Waals surface area contributed by atoms with Crippen LogP contribution in [0.1, 0.15) is 0 Å². The molecule has 0 aliphatic carbocycles. The Bertz CT molecular complexity index is 634. The van der Waals surface area contributed by atoms with Gasteiger partial charge in [0, 0.05) is 16.7 Å². The monoisotopic (exact) mass is 314 g/mol. The van der Waals surface area contributed by atoms with Crippen LogP contribution in [0.15, 0.2) is 23.1 Å². The van der Waals surface area contributed by atoms with Gasteiger partial charge in [-0.25, -0.2) is 8.42 Å². The topological polar surface area (TPSA) is 106 Å². The zero-order chi connectivity index (χ0) is 14.8. The number of nitrogens with one attached hydrogen (secondary N) is 1. The molecule has 1 N–H and O–H groups in total. The van der Waals surface area contributed by atoms with Crippen LogP contribution in [0.5, 0.6) is 0 Å². The van der Waals surface area contributed by atoms with E-state index >= 15 is 0 Å². The number of halogens is 3. The molecule has 0 atom stereocenters. The quantitative estimate of drug-likeness (QED) is 0.517. The van der Waals surface area contributed by atoms with Crippen LogP contribution < -0.4 is 5.32 Å². The number of carbonyl (C=O) groups is 1. The van der Waals surface area contributed by atoms with Gasteiger partial charge in [0.2, 0.25) is 0 Å². The van der Waals surface area contributed by atoms with Gasteiger partial charge in [-0.05, 0) is 12.1 Å². The molecule has 0 aromatic heterocycles. The van der Waals surface area contributed by atoms with E-state index in [4.69, 9.17) is 10.7 Å². The lowest BCUT2D eigenvalue weighted by molar-refractivity contribution is -0.384. The minimum Gasteiger partial charge on any atom is -0.315 e. The first-order valence-corrected chi connectivity index (χ1v) is 6.76. The molecule has 0 aliphatic rings. The molecule has 0 aliphatic heterocycles. The van der Waals surface area contributed by atoms with Gasteiger partial charge >= 0.3 is 6.43 Å². The lowest BCUT2D eigenvalue weighted by atomic mass is 10.2. The van der Waals surface area contributed by atoms with Crippen LogP contribution in [0, 0.1) is 10.1 Å². The van der Waals surface area contributed by atoms with E-state index in [2.05, 4.69) is 0 Å². The maximum absolute atomic E-state index is 12.0. The third kappa shape index (κ3) is 3.83. The summed E-state index contributed by atoms with van der Waals surface area (Å²) in [4.78, 5) is 19.8. The second kappa shape index (κ2) is 5.45. The molecule has 0 fully saturated rings. The van der Waals surface area contributed by atoms with Gasteiger partial charge < -0.3 is 5.32 Å². The molecule has 0 saturated carbocycles. The van der Waals surface area contributed by atoms with E-state index < -0.39 is 42.6 Å². The van der Waals surface area contributed by atoms with Gasteiger partial charge in [0.15, 0.2) is 0 Å². The minimum absolute atomic E-state index is 0.556. The number of anilines is 1. The normalized spacial score (nSPS) is 11.4. The first kappa shape index (κ1) is 15.2. The number of rotatable bonds is 4. The molecule has 0 bridgehead atoms. The SMILES string of the molecule is O=C(Nc1ccc(S(=O)(=O)Cl)cc1[N+](=O)[O-])C(F)F. The second-order valence-electron chi connectivity index (χ2n) is 3.16. The van der Waals surface area contributed by atoms with E-state index in [0.717, 1.165) is 12.1 Å². The summed E-state index contributed by atoms with van der Waals surface area (Å²) in [5, 5.41) is 12.3. The highest BCUT2D eigenvalue weighted by atomic mass is 35.7. The van der Waals surface area contributed by atoms with Crippen molar-refractivity contribution < 1.29 is 26.9 Å². The number of hydrogen-bond acceptors (Lipinski definition) is 5. The van der Waals surface area contributed by atoms with E-state index in [1.807, 2.05) is 0 Å². The number of amides is 1.